The second kappa shape index (κ2) is 8.23. The lowest BCUT2D eigenvalue weighted by atomic mass is 9.96. The number of nitrogen functional groups attached to an aromatic ring is 1. The minimum Gasteiger partial charge on any atom is -0.381 e. The van der Waals surface area contributed by atoms with E-state index >= 15 is 0 Å². The first-order valence-electron chi connectivity index (χ1n) is 10.4. The first kappa shape index (κ1) is 21.0. The SMILES string of the molecule is CC(NC(=O)c1c(N)nn2cccnc12)C1=Cc2cccc(Cl)c2C(O)N1c1ccccc1. The minimum atomic E-state index is -1.03. The molecule has 2 aromatic carbocycles. The molecule has 166 valence electrons. The molecule has 4 aromatic rings. The van der Waals surface area contributed by atoms with Crippen LogP contribution in [0.3, 0.4) is 0 Å². The molecule has 9 heteroatoms. The van der Waals surface area contributed by atoms with E-state index in [0.717, 1.165) is 11.3 Å². The largest absolute Gasteiger partial charge is 0.381 e. The fourth-order valence-corrected chi connectivity index (χ4v) is 4.41. The van der Waals surface area contributed by atoms with Crippen molar-refractivity contribution in [1.82, 2.24) is 19.9 Å². The lowest BCUT2D eigenvalue weighted by molar-refractivity contribution is 0.0944. The smallest absolute Gasteiger partial charge is 0.259 e. The molecule has 1 aliphatic heterocycles. The highest BCUT2D eigenvalue weighted by molar-refractivity contribution is 6.31. The molecular formula is C24H21ClN6O2. The fraction of sp³-hybridized carbons (Fsp3) is 0.125. The Morgan fingerprint density at radius 1 is 1.18 bits per heavy atom. The summed E-state index contributed by atoms with van der Waals surface area (Å²) in [5, 5.41) is 18.9. The van der Waals surface area contributed by atoms with Crippen LogP contribution in [0.15, 0.2) is 72.7 Å². The average molecular weight is 461 g/mol. The number of benzene rings is 2. The molecule has 0 aliphatic carbocycles. The molecule has 0 saturated heterocycles. The number of anilines is 2. The van der Waals surface area contributed by atoms with Gasteiger partial charge in [-0.25, -0.2) is 9.50 Å². The molecule has 2 aromatic heterocycles. The van der Waals surface area contributed by atoms with Gasteiger partial charge < -0.3 is 21.1 Å². The van der Waals surface area contributed by atoms with Gasteiger partial charge in [0, 0.05) is 34.4 Å². The van der Waals surface area contributed by atoms with E-state index in [0.29, 0.717) is 21.9 Å². The highest BCUT2D eigenvalue weighted by atomic mass is 35.5. The molecule has 0 bridgehead atoms. The first-order chi connectivity index (χ1) is 16.0. The molecule has 0 saturated carbocycles. The Morgan fingerprint density at radius 2 is 1.97 bits per heavy atom. The Balaban J connectivity index is 1.55. The number of nitrogens with one attached hydrogen (secondary N) is 1. The lowest BCUT2D eigenvalue weighted by Gasteiger charge is -2.39. The summed E-state index contributed by atoms with van der Waals surface area (Å²) in [6.07, 6.45) is 4.15. The van der Waals surface area contributed by atoms with Crippen LogP contribution in [0.25, 0.3) is 11.7 Å². The summed E-state index contributed by atoms with van der Waals surface area (Å²) in [7, 11) is 0. The van der Waals surface area contributed by atoms with Gasteiger partial charge >= 0.3 is 0 Å². The number of carbonyl (C=O) groups excluding carboxylic acids is 1. The predicted molar refractivity (Wildman–Crippen MR) is 128 cm³/mol. The molecule has 0 radical (unpaired) electrons. The van der Waals surface area contributed by atoms with Gasteiger partial charge in [0.05, 0.1) is 6.04 Å². The van der Waals surface area contributed by atoms with Crippen LogP contribution in [0.1, 0.15) is 34.6 Å². The molecule has 5 rings (SSSR count). The van der Waals surface area contributed by atoms with Crippen molar-refractivity contribution in [1.29, 1.82) is 0 Å². The number of amides is 1. The maximum atomic E-state index is 13.2. The number of nitrogens with zero attached hydrogens (tertiary/aromatic N) is 4. The molecule has 1 aliphatic rings. The monoisotopic (exact) mass is 460 g/mol. The van der Waals surface area contributed by atoms with Crippen molar-refractivity contribution >= 4 is 40.7 Å². The van der Waals surface area contributed by atoms with Crippen LogP contribution < -0.4 is 16.0 Å². The number of rotatable bonds is 4. The zero-order valence-electron chi connectivity index (χ0n) is 17.7. The van der Waals surface area contributed by atoms with E-state index in [1.165, 1.54) is 4.52 Å². The number of hydrogen-bond donors (Lipinski definition) is 3. The van der Waals surface area contributed by atoms with Gasteiger partial charge in [-0.1, -0.05) is 41.9 Å². The number of fused-ring (bicyclic) bond motifs is 2. The number of aliphatic hydroxyl groups is 1. The predicted octanol–water partition coefficient (Wildman–Crippen LogP) is 3.64. The van der Waals surface area contributed by atoms with Crippen LogP contribution in [0.5, 0.6) is 0 Å². The van der Waals surface area contributed by atoms with Gasteiger partial charge in [-0.2, -0.15) is 0 Å². The Bertz CT molecular complexity index is 1380. The third-order valence-electron chi connectivity index (χ3n) is 5.65. The van der Waals surface area contributed by atoms with Crippen molar-refractivity contribution in [2.24, 2.45) is 0 Å². The molecule has 0 spiro atoms. The van der Waals surface area contributed by atoms with Crippen molar-refractivity contribution in [3.05, 3.63) is 94.4 Å². The number of nitrogens with two attached hydrogens (primary N) is 1. The van der Waals surface area contributed by atoms with Crippen LogP contribution in [0, 0.1) is 0 Å². The number of aliphatic hydroxyl groups excluding tert-OH is 1. The molecule has 4 N–H and O–H groups in total. The summed E-state index contributed by atoms with van der Waals surface area (Å²) >= 11 is 6.43. The van der Waals surface area contributed by atoms with Crippen molar-refractivity contribution in [3.63, 3.8) is 0 Å². The first-order valence-corrected chi connectivity index (χ1v) is 10.8. The Labute approximate surface area is 194 Å². The summed E-state index contributed by atoms with van der Waals surface area (Å²) in [6, 6.07) is 16.1. The van der Waals surface area contributed by atoms with E-state index in [9.17, 15) is 9.90 Å². The second-order valence-electron chi connectivity index (χ2n) is 7.73. The highest BCUT2D eigenvalue weighted by Crippen LogP contribution is 2.40. The zero-order valence-corrected chi connectivity index (χ0v) is 18.4. The van der Waals surface area contributed by atoms with Gasteiger partial charge in [-0.15, -0.1) is 5.10 Å². The van der Waals surface area contributed by atoms with Gasteiger partial charge in [-0.05, 0) is 42.8 Å². The van der Waals surface area contributed by atoms with Crippen molar-refractivity contribution in [2.45, 2.75) is 19.2 Å². The van der Waals surface area contributed by atoms with Crippen LogP contribution in [0.2, 0.25) is 5.02 Å². The van der Waals surface area contributed by atoms with E-state index in [1.807, 2.05) is 55.5 Å². The quantitative estimate of drug-likeness (QED) is 0.429. The average Bonchev–Trinajstić information content (AvgIpc) is 3.15. The number of carbonyl (C=O) groups is 1. The number of hydrogen-bond acceptors (Lipinski definition) is 6. The fourth-order valence-electron chi connectivity index (χ4n) is 4.13. The maximum Gasteiger partial charge on any atom is 0.259 e. The van der Waals surface area contributed by atoms with Crippen molar-refractivity contribution < 1.29 is 9.90 Å². The molecular weight excluding hydrogens is 440 g/mol. The number of halogens is 1. The van der Waals surface area contributed by atoms with E-state index < -0.39 is 18.2 Å². The summed E-state index contributed by atoms with van der Waals surface area (Å²) < 4.78 is 1.47. The molecule has 0 fully saturated rings. The number of aromatic nitrogens is 3. The number of para-hydroxylation sites is 1. The van der Waals surface area contributed by atoms with Crippen LogP contribution >= 0.6 is 11.6 Å². The standard InChI is InChI=1S/C24H21ClN6O2/c1-14(28-23(32)20-21(26)29-30-12-6-11-27-22(20)30)18-13-15-7-5-10-17(25)19(15)24(33)31(18)16-8-3-2-4-9-16/h2-14,24,33H,1H3,(H2,26,29)(H,28,32). The van der Waals surface area contributed by atoms with E-state index in [1.54, 1.807) is 29.4 Å². The minimum absolute atomic E-state index is 0.0908. The van der Waals surface area contributed by atoms with E-state index in [-0.39, 0.29) is 11.4 Å². The van der Waals surface area contributed by atoms with Crippen molar-refractivity contribution in [2.75, 3.05) is 10.6 Å². The van der Waals surface area contributed by atoms with Crippen molar-refractivity contribution in [3.8, 4) is 0 Å². The second-order valence-corrected chi connectivity index (χ2v) is 8.14. The van der Waals surface area contributed by atoms with Gasteiger partial charge in [-0.3, -0.25) is 4.79 Å². The summed E-state index contributed by atoms with van der Waals surface area (Å²) in [6.45, 7) is 1.84. The van der Waals surface area contributed by atoms with Gasteiger partial charge in [0.1, 0.15) is 5.56 Å². The third-order valence-corrected chi connectivity index (χ3v) is 5.98. The summed E-state index contributed by atoms with van der Waals surface area (Å²) in [5.41, 5.74) is 9.45. The molecule has 33 heavy (non-hydrogen) atoms. The van der Waals surface area contributed by atoms with Crippen LogP contribution in [0.4, 0.5) is 11.5 Å². The lowest BCUT2D eigenvalue weighted by Crippen LogP contribution is -2.43. The van der Waals surface area contributed by atoms with Crippen LogP contribution in [-0.2, 0) is 0 Å². The van der Waals surface area contributed by atoms with Crippen LogP contribution in [-0.4, -0.2) is 31.7 Å². The summed E-state index contributed by atoms with van der Waals surface area (Å²) in [5.74, 6) is -0.318. The third kappa shape index (κ3) is 3.59. The zero-order chi connectivity index (χ0) is 23.1. The van der Waals surface area contributed by atoms with Gasteiger partial charge in [0.15, 0.2) is 17.7 Å². The molecule has 2 atom stereocenters. The topological polar surface area (TPSA) is 109 Å². The van der Waals surface area contributed by atoms with E-state index in [2.05, 4.69) is 15.4 Å². The Hall–Kier alpha value is -3.88. The van der Waals surface area contributed by atoms with E-state index in [4.69, 9.17) is 17.3 Å². The molecule has 1 amide bonds. The van der Waals surface area contributed by atoms with Gasteiger partial charge in [0.2, 0.25) is 0 Å². The Kier molecular flexibility index (Phi) is 5.24. The van der Waals surface area contributed by atoms with Gasteiger partial charge in [0.25, 0.3) is 5.91 Å². The molecule has 2 unspecified atom stereocenters. The molecule has 3 heterocycles. The Morgan fingerprint density at radius 3 is 2.76 bits per heavy atom. The maximum absolute atomic E-state index is 13.2. The summed E-state index contributed by atoms with van der Waals surface area (Å²) in [4.78, 5) is 19.2. The highest BCUT2D eigenvalue weighted by Gasteiger charge is 2.33. The normalized spacial score (nSPS) is 16.3. The molecule has 8 nitrogen and oxygen atoms in total.